The number of carbonyl (C=O) groups is 2. The normalized spacial score (nSPS) is 10.5. The van der Waals surface area contributed by atoms with Crippen molar-refractivity contribution in [2.24, 2.45) is 0 Å². The first-order valence-electron chi connectivity index (χ1n) is 8.02. The molecule has 2 aromatic rings. The van der Waals surface area contributed by atoms with Gasteiger partial charge in [0.2, 0.25) is 0 Å². The molecule has 0 spiro atoms. The van der Waals surface area contributed by atoms with Crippen LogP contribution in [0.25, 0.3) is 11.1 Å². The number of nitrogens with zero attached hydrogens (tertiary/aromatic N) is 1. The summed E-state index contributed by atoms with van der Waals surface area (Å²) in [5.41, 5.74) is 2.58. The Morgan fingerprint density at radius 1 is 1.04 bits per heavy atom. The van der Waals surface area contributed by atoms with E-state index in [1.54, 1.807) is 27.9 Å². The fourth-order valence-electron chi connectivity index (χ4n) is 2.76. The number of esters is 2. The molecule has 0 amide bonds. The highest BCUT2D eigenvalue weighted by atomic mass is 32.2. The van der Waals surface area contributed by atoms with Gasteiger partial charge in [0.05, 0.1) is 43.3 Å². The highest BCUT2D eigenvalue weighted by Gasteiger charge is 2.28. The van der Waals surface area contributed by atoms with E-state index in [0.29, 0.717) is 22.5 Å². The quantitative estimate of drug-likeness (QED) is 0.558. The Kier molecular flexibility index (Phi) is 6.76. The molecule has 7 heteroatoms. The number of carbonyl (C=O) groups excluding carboxylic acids is 2. The molecule has 0 unspecified atom stereocenters. The van der Waals surface area contributed by atoms with Gasteiger partial charge in [0.25, 0.3) is 0 Å². The number of aromatic nitrogens is 1. The zero-order valence-electron chi connectivity index (χ0n) is 15.4. The zero-order chi connectivity index (χ0) is 19.3. The van der Waals surface area contributed by atoms with Crippen LogP contribution in [0.5, 0.6) is 0 Å². The number of methoxy groups -OCH3 is 1. The molecule has 1 aromatic carbocycles. The van der Waals surface area contributed by atoms with Crippen molar-refractivity contribution in [2.75, 3.05) is 20.8 Å². The van der Waals surface area contributed by atoms with Gasteiger partial charge in [-0.15, -0.1) is 0 Å². The third-order valence-electron chi connectivity index (χ3n) is 3.76. The van der Waals surface area contributed by atoms with E-state index < -0.39 is 11.9 Å². The number of aryl methyl sites for hydroxylation is 2. The molecule has 138 valence electrons. The third-order valence-corrected chi connectivity index (χ3v) is 4.46. The third kappa shape index (κ3) is 3.89. The Balaban J connectivity index is 2.92. The lowest BCUT2D eigenvalue weighted by Crippen LogP contribution is -2.17. The lowest BCUT2D eigenvalue weighted by Gasteiger charge is -2.18. The van der Waals surface area contributed by atoms with Crippen LogP contribution in [0.15, 0.2) is 29.2 Å². The summed E-state index contributed by atoms with van der Waals surface area (Å²) in [6, 6.07) is 7.36. The van der Waals surface area contributed by atoms with E-state index in [9.17, 15) is 9.59 Å². The van der Waals surface area contributed by atoms with Gasteiger partial charge in [-0.25, -0.2) is 9.59 Å². The SMILES string of the molecule is CCOC(=O)c1c(C)nc(C)c(C(=O)OC)c1-c1ccccc1SOC. The second-order valence-electron chi connectivity index (χ2n) is 5.37. The monoisotopic (exact) mass is 375 g/mol. The van der Waals surface area contributed by atoms with Crippen LogP contribution in [0.1, 0.15) is 39.0 Å². The van der Waals surface area contributed by atoms with Crippen LogP contribution in [0.4, 0.5) is 0 Å². The van der Waals surface area contributed by atoms with E-state index >= 15 is 0 Å². The number of hydrogen-bond acceptors (Lipinski definition) is 7. The Morgan fingerprint density at radius 3 is 2.23 bits per heavy atom. The van der Waals surface area contributed by atoms with Crippen molar-refractivity contribution in [3.63, 3.8) is 0 Å². The lowest BCUT2D eigenvalue weighted by molar-refractivity contribution is 0.0526. The van der Waals surface area contributed by atoms with Crippen molar-refractivity contribution < 1.29 is 23.2 Å². The van der Waals surface area contributed by atoms with E-state index in [1.807, 2.05) is 24.3 Å². The molecule has 0 saturated carbocycles. The van der Waals surface area contributed by atoms with Crippen LogP contribution in [0.2, 0.25) is 0 Å². The molecule has 0 aliphatic heterocycles. The molecule has 0 radical (unpaired) electrons. The molecule has 0 atom stereocenters. The van der Waals surface area contributed by atoms with Crippen LogP contribution in [-0.4, -0.2) is 37.7 Å². The molecule has 0 bridgehead atoms. The van der Waals surface area contributed by atoms with E-state index in [0.717, 1.165) is 16.9 Å². The first-order chi connectivity index (χ1) is 12.5. The second-order valence-corrected chi connectivity index (χ2v) is 6.31. The Bertz CT molecular complexity index is 835. The maximum Gasteiger partial charge on any atom is 0.340 e. The average molecular weight is 375 g/mol. The van der Waals surface area contributed by atoms with E-state index in [-0.39, 0.29) is 17.7 Å². The van der Waals surface area contributed by atoms with Gasteiger partial charge < -0.3 is 13.7 Å². The van der Waals surface area contributed by atoms with Gasteiger partial charge in [-0.05, 0) is 32.4 Å². The summed E-state index contributed by atoms with van der Waals surface area (Å²) >= 11 is 1.15. The van der Waals surface area contributed by atoms with E-state index in [2.05, 4.69) is 4.98 Å². The number of rotatable bonds is 6. The van der Waals surface area contributed by atoms with Gasteiger partial charge in [0.1, 0.15) is 0 Å². The Morgan fingerprint density at radius 2 is 1.65 bits per heavy atom. The lowest BCUT2D eigenvalue weighted by atomic mass is 9.92. The van der Waals surface area contributed by atoms with Crippen LogP contribution in [-0.2, 0) is 13.7 Å². The van der Waals surface area contributed by atoms with Crippen LogP contribution >= 0.6 is 12.0 Å². The maximum atomic E-state index is 12.7. The topological polar surface area (TPSA) is 74.7 Å². The van der Waals surface area contributed by atoms with Crippen molar-refractivity contribution in [1.29, 1.82) is 0 Å². The fraction of sp³-hybridized carbons (Fsp3) is 0.316. The molecular weight excluding hydrogens is 354 g/mol. The summed E-state index contributed by atoms with van der Waals surface area (Å²) < 4.78 is 15.3. The maximum absolute atomic E-state index is 12.7. The predicted octanol–water partition coefficient (Wildman–Crippen LogP) is 3.98. The molecule has 26 heavy (non-hydrogen) atoms. The van der Waals surface area contributed by atoms with Gasteiger partial charge in [-0.1, -0.05) is 18.2 Å². The van der Waals surface area contributed by atoms with Crippen molar-refractivity contribution >= 4 is 24.0 Å². The van der Waals surface area contributed by atoms with Crippen LogP contribution in [0, 0.1) is 13.8 Å². The molecular formula is C19H21NO5S. The molecule has 2 rings (SSSR count). The van der Waals surface area contributed by atoms with Crippen LogP contribution in [0.3, 0.4) is 0 Å². The van der Waals surface area contributed by atoms with Crippen LogP contribution < -0.4 is 0 Å². The average Bonchev–Trinajstić information content (AvgIpc) is 2.61. The van der Waals surface area contributed by atoms with Gasteiger partial charge in [-0.2, -0.15) is 0 Å². The number of hydrogen-bond donors (Lipinski definition) is 0. The van der Waals surface area contributed by atoms with Crippen molar-refractivity contribution in [3.8, 4) is 11.1 Å². The minimum absolute atomic E-state index is 0.216. The fourth-order valence-corrected chi connectivity index (χ4v) is 3.33. The summed E-state index contributed by atoms with van der Waals surface area (Å²) in [4.78, 5) is 30.3. The summed E-state index contributed by atoms with van der Waals surface area (Å²) in [7, 11) is 2.85. The van der Waals surface area contributed by atoms with E-state index in [4.69, 9.17) is 13.7 Å². The second kappa shape index (κ2) is 8.82. The summed E-state index contributed by atoms with van der Waals surface area (Å²) in [6.07, 6.45) is 0. The summed E-state index contributed by atoms with van der Waals surface area (Å²) in [5, 5.41) is 0. The zero-order valence-corrected chi connectivity index (χ0v) is 16.2. The number of ether oxygens (including phenoxy) is 2. The smallest absolute Gasteiger partial charge is 0.340 e. The molecule has 6 nitrogen and oxygen atoms in total. The molecule has 0 aliphatic carbocycles. The minimum atomic E-state index is -0.562. The minimum Gasteiger partial charge on any atom is -0.465 e. The predicted molar refractivity (Wildman–Crippen MR) is 99.3 cm³/mol. The van der Waals surface area contributed by atoms with Gasteiger partial charge in [-0.3, -0.25) is 4.98 Å². The molecule has 1 aromatic heterocycles. The largest absolute Gasteiger partial charge is 0.465 e. The summed E-state index contributed by atoms with van der Waals surface area (Å²) in [5.74, 6) is -1.09. The standard InChI is InChI=1S/C19H21NO5S/c1-6-25-19(22)16-12(3)20-11(2)15(18(21)23-4)17(16)13-9-7-8-10-14(13)26-24-5/h7-10H,6H2,1-5H3. The van der Waals surface area contributed by atoms with Crippen molar-refractivity contribution in [2.45, 2.75) is 25.7 Å². The Labute approximate surface area is 157 Å². The molecule has 0 N–H and O–H groups in total. The van der Waals surface area contributed by atoms with Crippen molar-refractivity contribution in [3.05, 3.63) is 46.8 Å². The molecule has 0 saturated heterocycles. The van der Waals surface area contributed by atoms with Gasteiger partial charge >= 0.3 is 11.9 Å². The van der Waals surface area contributed by atoms with Gasteiger partial charge in [0, 0.05) is 22.5 Å². The first-order valence-corrected chi connectivity index (χ1v) is 8.77. The summed E-state index contributed by atoms with van der Waals surface area (Å²) in [6.45, 7) is 5.37. The number of benzene rings is 1. The highest BCUT2D eigenvalue weighted by Crippen LogP contribution is 2.38. The Hall–Kier alpha value is -2.38. The van der Waals surface area contributed by atoms with E-state index in [1.165, 1.54) is 7.11 Å². The highest BCUT2D eigenvalue weighted by molar-refractivity contribution is 7.94. The van der Waals surface area contributed by atoms with Crippen molar-refractivity contribution in [1.82, 2.24) is 4.98 Å². The first kappa shape index (κ1) is 19.9. The molecule has 1 heterocycles. The van der Waals surface area contributed by atoms with Gasteiger partial charge in [0.15, 0.2) is 0 Å². The molecule has 0 fully saturated rings. The molecule has 0 aliphatic rings. The number of pyridine rings is 1.